The summed E-state index contributed by atoms with van der Waals surface area (Å²) in [5.74, 6) is 2.79. The Morgan fingerprint density at radius 3 is 2.84 bits per heavy atom. The monoisotopic (exact) mass is 342 g/mol. The van der Waals surface area contributed by atoms with Gasteiger partial charge in [-0.3, -0.25) is 9.39 Å². The van der Waals surface area contributed by atoms with Gasteiger partial charge in [0.1, 0.15) is 5.82 Å². The molecule has 2 heterocycles. The zero-order valence-electron chi connectivity index (χ0n) is 15.2. The average Bonchev–Trinajstić information content (AvgIpc) is 3.08. The molecule has 2 N–H and O–H groups in total. The van der Waals surface area contributed by atoms with E-state index in [1.807, 2.05) is 35.8 Å². The first-order chi connectivity index (χ1) is 12.4. The predicted molar refractivity (Wildman–Crippen MR) is 102 cm³/mol. The summed E-state index contributed by atoms with van der Waals surface area (Å²) in [6.45, 7) is 1.78. The largest absolute Gasteiger partial charge is 0.356 e. The van der Waals surface area contributed by atoms with E-state index < -0.39 is 0 Å². The van der Waals surface area contributed by atoms with Crippen molar-refractivity contribution in [3.63, 3.8) is 0 Å². The number of aliphatic imine (C=N–C) groups is 1. The molecular formula is C19H30N6. The quantitative estimate of drug-likeness (QED) is 0.461. The van der Waals surface area contributed by atoms with Crippen LogP contribution in [0.4, 0.5) is 0 Å². The van der Waals surface area contributed by atoms with E-state index in [0.717, 1.165) is 42.9 Å². The van der Waals surface area contributed by atoms with Crippen LogP contribution in [0.15, 0.2) is 29.4 Å². The Bertz CT molecular complexity index is 671. The third kappa shape index (κ3) is 5.18. The van der Waals surface area contributed by atoms with Crippen LogP contribution in [0, 0.1) is 5.92 Å². The van der Waals surface area contributed by atoms with Gasteiger partial charge >= 0.3 is 0 Å². The smallest absolute Gasteiger partial charge is 0.190 e. The molecule has 0 unspecified atom stereocenters. The van der Waals surface area contributed by atoms with E-state index in [1.54, 1.807) is 0 Å². The molecule has 6 nitrogen and oxygen atoms in total. The Hall–Kier alpha value is -2.11. The van der Waals surface area contributed by atoms with Gasteiger partial charge in [-0.2, -0.15) is 0 Å². The molecule has 3 rings (SSSR count). The first-order valence-electron chi connectivity index (χ1n) is 9.60. The molecule has 0 radical (unpaired) electrons. The molecule has 0 aliphatic heterocycles. The molecule has 2 aromatic heterocycles. The fourth-order valence-electron chi connectivity index (χ4n) is 3.65. The van der Waals surface area contributed by atoms with Crippen molar-refractivity contribution in [1.29, 1.82) is 0 Å². The van der Waals surface area contributed by atoms with E-state index in [4.69, 9.17) is 0 Å². The van der Waals surface area contributed by atoms with E-state index in [1.165, 1.54) is 44.9 Å². The van der Waals surface area contributed by atoms with Crippen molar-refractivity contribution in [3.05, 3.63) is 30.2 Å². The number of nitrogens with one attached hydrogen (secondary N) is 2. The van der Waals surface area contributed by atoms with Crippen LogP contribution in [0.2, 0.25) is 0 Å². The van der Waals surface area contributed by atoms with Gasteiger partial charge in [0, 0.05) is 32.8 Å². The number of hydrogen-bond donors (Lipinski definition) is 2. The van der Waals surface area contributed by atoms with E-state index >= 15 is 0 Å². The molecule has 1 fully saturated rings. The lowest BCUT2D eigenvalue weighted by molar-refractivity contribution is 0.332. The molecule has 0 amide bonds. The van der Waals surface area contributed by atoms with Crippen molar-refractivity contribution < 1.29 is 0 Å². The third-order valence-electron chi connectivity index (χ3n) is 5.06. The highest BCUT2D eigenvalue weighted by Gasteiger charge is 2.12. The van der Waals surface area contributed by atoms with E-state index in [9.17, 15) is 0 Å². The van der Waals surface area contributed by atoms with Gasteiger partial charge in [0.05, 0.1) is 0 Å². The molecule has 0 atom stereocenters. The maximum absolute atomic E-state index is 4.31. The topological polar surface area (TPSA) is 66.6 Å². The Morgan fingerprint density at radius 2 is 2.00 bits per heavy atom. The minimum absolute atomic E-state index is 0.790. The summed E-state index contributed by atoms with van der Waals surface area (Å²) in [7, 11) is 1.82. The Morgan fingerprint density at radius 1 is 1.16 bits per heavy atom. The fourth-order valence-corrected chi connectivity index (χ4v) is 3.65. The van der Waals surface area contributed by atoms with Crippen LogP contribution >= 0.6 is 0 Å². The summed E-state index contributed by atoms with van der Waals surface area (Å²) in [5, 5.41) is 15.2. The number of fused-ring (bicyclic) bond motifs is 1. The highest BCUT2D eigenvalue weighted by molar-refractivity contribution is 5.79. The predicted octanol–water partition coefficient (Wildman–Crippen LogP) is 2.80. The van der Waals surface area contributed by atoms with Crippen LogP contribution in [0.5, 0.6) is 0 Å². The van der Waals surface area contributed by atoms with Gasteiger partial charge in [0.25, 0.3) is 0 Å². The van der Waals surface area contributed by atoms with Crippen LogP contribution in [-0.4, -0.2) is 40.7 Å². The molecular weight excluding hydrogens is 312 g/mol. The number of hydrogen-bond acceptors (Lipinski definition) is 3. The van der Waals surface area contributed by atoms with Crippen molar-refractivity contribution in [2.45, 2.75) is 51.4 Å². The van der Waals surface area contributed by atoms with E-state index in [0.29, 0.717) is 0 Å². The summed E-state index contributed by atoms with van der Waals surface area (Å²) < 4.78 is 2.03. The SMILES string of the molecule is CN=C(NCCCC1CCCCC1)NCCc1nnc2ccccn12. The lowest BCUT2D eigenvalue weighted by Crippen LogP contribution is -2.39. The van der Waals surface area contributed by atoms with Crippen LogP contribution < -0.4 is 10.6 Å². The Labute approximate surface area is 150 Å². The second-order valence-electron chi connectivity index (χ2n) is 6.87. The fraction of sp³-hybridized carbons (Fsp3) is 0.632. The molecule has 0 bridgehead atoms. The van der Waals surface area contributed by atoms with Gasteiger partial charge in [-0.15, -0.1) is 10.2 Å². The Balaban J connectivity index is 1.35. The first-order valence-corrected chi connectivity index (χ1v) is 9.60. The second-order valence-corrected chi connectivity index (χ2v) is 6.87. The molecule has 136 valence electrons. The number of guanidine groups is 1. The van der Waals surface area contributed by atoms with Gasteiger partial charge in [-0.25, -0.2) is 0 Å². The van der Waals surface area contributed by atoms with Crippen molar-refractivity contribution in [2.24, 2.45) is 10.9 Å². The molecule has 0 spiro atoms. The lowest BCUT2D eigenvalue weighted by atomic mass is 9.86. The van der Waals surface area contributed by atoms with Gasteiger partial charge in [-0.1, -0.05) is 38.2 Å². The van der Waals surface area contributed by atoms with Crippen LogP contribution in [0.1, 0.15) is 50.8 Å². The molecule has 2 aromatic rings. The Kier molecular flexibility index (Phi) is 6.65. The summed E-state index contributed by atoms with van der Waals surface area (Å²) in [5.41, 5.74) is 0.891. The van der Waals surface area contributed by atoms with Gasteiger partial charge in [0.2, 0.25) is 0 Å². The van der Waals surface area contributed by atoms with Crippen molar-refractivity contribution in [3.8, 4) is 0 Å². The molecule has 6 heteroatoms. The summed E-state index contributed by atoms with van der Waals surface area (Å²) in [4.78, 5) is 4.31. The molecule has 1 aliphatic rings. The zero-order valence-corrected chi connectivity index (χ0v) is 15.2. The molecule has 25 heavy (non-hydrogen) atoms. The first kappa shape index (κ1) is 17.7. The number of nitrogens with zero attached hydrogens (tertiary/aromatic N) is 4. The van der Waals surface area contributed by atoms with E-state index in [2.05, 4.69) is 25.8 Å². The van der Waals surface area contributed by atoms with E-state index in [-0.39, 0.29) is 0 Å². The minimum atomic E-state index is 0.790. The number of rotatable bonds is 7. The van der Waals surface area contributed by atoms with Crippen LogP contribution in [-0.2, 0) is 6.42 Å². The summed E-state index contributed by atoms with van der Waals surface area (Å²) in [6.07, 6.45) is 12.5. The van der Waals surface area contributed by atoms with Crippen molar-refractivity contribution in [2.75, 3.05) is 20.1 Å². The van der Waals surface area contributed by atoms with Crippen LogP contribution in [0.3, 0.4) is 0 Å². The normalized spacial score (nSPS) is 16.3. The standard InChI is InChI=1S/C19H30N6/c1-20-19(21-13-7-10-16-8-3-2-4-9-16)22-14-12-18-24-23-17-11-5-6-15-25(17)18/h5-6,11,15-16H,2-4,7-10,12-14H2,1H3,(H2,20,21,22). The number of pyridine rings is 1. The van der Waals surface area contributed by atoms with Crippen LogP contribution in [0.25, 0.3) is 5.65 Å². The van der Waals surface area contributed by atoms with Crippen molar-refractivity contribution in [1.82, 2.24) is 25.2 Å². The molecule has 0 aromatic carbocycles. The second kappa shape index (κ2) is 9.39. The summed E-state index contributed by atoms with van der Waals surface area (Å²) >= 11 is 0. The zero-order chi connectivity index (χ0) is 17.3. The van der Waals surface area contributed by atoms with Gasteiger partial charge < -0.3 is 10.6 Å². The maximum Gasteiger partial charge on any atom is 0.190 e. The maximum atomic E-state index is 4.31. The molecule has 0 saturated heterocycles. The average molecular weight is 342 g/mol. The highest BCUT2D eigenvalue weighted by atomic mass is 15.2. The van der Waals surface area contributed by atoms with Gasteiger partial charge in [-0.05, 0) is 30.9 Å². The minimum Gasteiger partial charge on any atom is -0.356 e. The lowest BCUT2D eigenvalue weighted by Gasteiger charge is -2.21. The molecule has 1 saturated carbocycles. The molecule has 1 aliphatic carbocycles. The van der Waals surface area contributed by atoms with Crippen molar-refractivity contribution >= 4 is 11.6 Å². The highest BCUT2D eigenvalue weighted by Crippen LogP contribution is 2.26. The third-order valence-corrected chi connectivity index (χ3v) is 5.06. The number of aromatic nitrogens is 3. The summed E-state index contributed by atoms with van der Waals surface area (Å²) in [6, 6.07) is 5.95. The van der Waals surface area contributed by atoms with Gasteiger partial charge in [0.15, 0.2) is 11.6 Å².